The molecule has 180 valence electrons. The van der Waals surface area contributed by atoms with E-state index in [2.05, 4.69) is 39.2 Å². The van der Waals surface area contributed by atoms with Crippen LogP contribution in [0.5, 0.6) is 0 Å². The van der Waals surface area contributed by atoms with Crippen molar-refractivity contribution in [1.82, 2.24) is 4.98 Å². The van der Waals surface area contributed by atoms with Gasteiger partial charge in [0.05, 0.1) is 23.0 Å². The van der Waals surface area contributed by atoms with Gasteiger partial charge in [0.1, 0.15) is 5.82 Å². The third-order valence-corrected chi connectivity index (χ3v) is 6.53. The van der Waals surface area contributed by atoms with E-state index >= 15 is 0 Å². The lowest BCUT2D eigenvalue weighted by Crippen LogP contribution is -2.29. The number of nitrogens with two attached hydrogens (primary N) is 1. The number of nitrogens with zero attached hydrogens (tertiary/aromatic N) is 2. The summed E-state index contributed by atoms with van der Waals surface area (Å²) >= 11 is 0. The van der Waals surface area contributed by atoms with Crippen molar-refractivity contribution in [1.29, 1.82) is 0 Å². The second kappa shape index (κ2) is 10.1. The maximum atomic E-state index is 13.8. The van der Waals surface area contributed by atoms with Crippen LogP contribution < -0.4 is 16.0 Å². The quantitative estimate of drug-likeness (QED) is 0.359. The number of hydrogen-bond acceptors (Lipinski definition) is 4. The molecule has 36 heavy (non-hydrogen) atoms. The average Bonchev–Trinajstić information content (AvgIpc) is 2.90. The number of aryl methyl sites for hydroxylation is 1. The first-order valence-electron chi connectivity index (χ1n) is 12.1. The van der Waals surface area contributed by atoms with E-state index < -0.39 is 0 Å². The number of anilines is 3. The minimum atomic E-state index is -0.378. The molecule has 0 spiro atoms. The van der Waals surface area contributed by atoms with Gasteiger partial charge in [-0.05, 0) is 86.3 Å². The molecule has 3 N–H and O–H groups in total. The number of piperidine rings is 1. The van der Waals surface area contributed by atoms with Gasteiger partial charge < -0.3 is 16.0 Å². The van der Waals surface area contributed by atoms with E-state index in [1.165, 1.54) is 43.3 Å². The molecule has 0 bridgehead atoms. The van der Waals surface area contributed by atoms with Crippen LogP contribution in [0.25, 0.3) is 10.9 Å². The fourth-order valence-corrected chi connectivity index (χ4v) is 4.46. The second-order valence-electron chi connectivity index (χ2n) is 9.08. The molecule has 0 radical (unpaired) electrons. The van der Waals surface area contributed by atoms with E-state index in [0.29, 0.717) is 33.3 Å². The number of aromatic nitrogens is 1. The maximum Gasteiger partial charge on any atom is 0.255 e. The van der Waals surface area contributed by atoms with Crippen LogP contribution in [0.3, 0.4) is 0 Å². The zero-order chi connectivity index (χ0) is 25.1. The Morgan fingerprint density at radius 3 is 2.56 bits per heavy atom. The zero-order valence-electron chi connectivity index (χ0n) is 20.1. The van der Waals surface area contributed by atoms with Gasteiger partial charge in [-0.3, -0.25) is 9.78 Å². The zero-order valence-corrected chi connectivity index (χ0v) is 20.1. The molecule has 1 aliphatic heterocycles. The van der Waals surface area contributed by atoms with Gasteiger partial charge in [-0.1, -0.05) is 17.9 Å². The first kappa shape index (κ1) is 23.4. The molecule has 1 aromatic heterocycles. The highest BCUT2D eigenvalue weighted by atomic mass is 19.1. The first-order chi connectivity index (χ1) is 17.5. The highest BCUT2D eigenvalue weighted by Gasteiger charge is 2.12. The molecule has 1 aliphatic rings. The van der Waals surface area contributed by atoms with Crippen LogP contribution in [-0.2, 0) is 0 Å². The van der Waals surface area contributed by atoms with Crippen molar-refractivity contribution in [2.45, 2.75) is 26.2 Å². The monoisotopic (exact) mass is 478 g/mol. The largest absolute Gasteiger partial charge is 0.396 e. The summed E-state index contributed by atoms with van der Waals surface area (Å²) in [5.74, 6) is 5.61. The number of nitrogen functional groups attached to an aromatic ring is 1. The Kier molecular flexibility index (Phi) is 6.55. The Balaban J connectivity index is 1.37. The lowest BCUT2D eigenvalue weighted by Gasteiger charge is -2.28. The van der Waals surface area contributed by atoms with E-state index in [1.54, 1.807) is 18.2 Å². The molecular formula is C30H27FN4O. The molecule has 1 saturated heterocycles. The van der Waals surface area contributed by atoms with Crippen molar-refractivity contribution >= 4 is 33.9 Å². The lowest BCUT2D eigenvalue weighted by molar-refractivity contribution is 0.102. The molecule has 5 nitrogen and oxygen atoms in total. The summed E-state index contributed by atoms with van der Waals surface area (Å²) in [6.45, 7) is 4.09. The molecule has 0 saturated carbocycles. The highest BCUT2D eigenvalue weighted by molar-refractivity contribution is 6.04. The van der Waals surface area contributed by atoms with Crippen LogP contribution >= 0.6 is 0 Å². The predicted molar refractivity (Wildman–Crippen MR) is 144 cm³/mol. The molecule has 1 fully saturated rings. The number of nitrogens with one attached hydrogen (secondary N) is 1. The van der Waals surface area contributed by atoms with Crippen molar-refractivity contribution < 1.29 is 9.18 Å². The van der Waals surface area contributed by atoms with Crippen molar-refractivity contribution in [2.24, 2.45) is 0 Å². The number of fused-ring (bicyclic) bond motifs is 1. The van der Waals surface area contributed by atoms with Crippen molar-refractivity contribution in [2.75, 3.05) is 29.0 Å². The van der Waals surface area contributed by atoms with Gasteiger partial charge >= 0.3 is 0 Å². The minimum Gasteiger partial charge on any atom is -0.396 e. The number of rotatable bonds is 3. The molecule has 1 amide bonds. The molecule has 0 unspecified atom stereocenters. The van der Waals surface area contributed by atoms with E-state index in [4.69, 9.17) is 5.73 Å². The van der Waals surface area contributed by atoms with E-state index in [9.17, 15) is 9.18 Å². The summed E-state index contributed by atoms with van der Waals surface area (Å²) < 4.78 is 13.8. The standard InChI is InChI=1S/C30H27FN4O/c1-20-5-6-22(30(36)34-24-9-11-25(12-10-24)35-15-3-2-4-16-35)17-21(20)7-13-26-27-18-23(31)8-14-29(27)33-19-28(26)32/h5-6,8-12,14,17-19H,2-4,15-16,32H2,1H3,(H,34,36). The number of carbonyl (C=O) groups excluding carboxylic acids is 1. The van der Waals surface area contributed by atoms with Crippen LogP contribution in [0.15, 0.2) is 66.9 Å². The summed E-state index contributed by atoms with van der Waals surface area (Å²) in [5, 5.41) is 3.53. The summed E-state index contributed by atoms with van der Waals surface area (Å²) in [5.41, 5.74) is 11.7. The van der Waals surface area contributed by atoms with Crippen LogP contribution in [0.4, 0.5) is 21.5 Å². The maximum absolute atomic E-state index is 13.8. The van der Waals surface area contributed by atoms with E-state index in [0.717, 1.165) is 24.3 Å². The van der Waals surface area contributed by atoms with Gasteiger partial charge in [-0.25, -0.2) is 4.39 Å². The van der Waals surface area contributed by atoms with Crippen molar-refractivity contribution in [3.05, 3.63) is 94.9 Å². The molecule has 5 rings (SSSR count). The van der Waals surface area contributed by atoms with E-state index in [1.807, 2.05) is 25.1 Å². The molecule has 2 heterocycles. The van der Waals surface area contributed by atoms with Crippen LogP contribution in [0, 0.1) is 24.6 Å². The summed E-state index contributed by atoms with van der Waals surface area (Å²) in [6.07, 6.45) is 5.26. The number of carbonyl (C=O) groups is 1. The van der Waals surface area contributed by atoms with Gasteiger partial charge in [0, 0.05) is 41.0 Å². The van der Waals surface area contributed by atoms with E-state index in [-0.39, 0.29) is 11.7 Å². The van der Waals surface area contributed by atoms with Crippen LogP contribution in [0.2, 0.25) is 0 Å². The predicted octanol–water partition coefficient (Wildman–Crippen LogP) is 5.91. The lowest BCUT2D eigenvalue weighted by atomic mass is 10.0. The number of amides is 1. The second-order valence-corrected chi connectivity index (χ2v) is 9.08. The van der Waals surface area contributed by atoms with Crippen LogP contribution in [0.1, 0.15) is 46.3 Å². The fraction of sp³-hybridized carbons (Fsp3) is 0.200. The Morgan fingerprint density at radius 1 is 1.00 bits per heavy atom. The number of hydrogen-bond donors (Lipinski definition) is 2. The minimum absolute atomic E-state index is 0.209. The molecule has 0 atom stereocenters. The summed E-state index contributed by atoms with van der Waals surface area (Å²) in [4.78, 5) is 19.6. The smallest absolute Gasteiger partial charge is 0.255 e. The normalized spacial score (nSPS) is 13.2. The summed E-state index contributed by atoms with van der Waals surface area (Å²) in [7, 11) is 0. The Hall–Kier alpha value is -4.37. The fourth-order valence-electron chi connectivity index (χ4n) is 4.46. The highest BCUT2D eigenvalue weighted by Crippen LogP contribution is 2.24. The molecule has 3 aromatic carbocycles. The SMILES string of the molecule is Cc1ccc(C(=O)Nc2ccc(N3CCCCC3)cc2)cc1C#Cc1c(N)cnc2ccc(F)cc12. The third kappa shape index (κ3) is 5.01. The number of halogens is 1. The van der Waals surface area contributed by atoms with Crippen molar-refractivity contribution in [3.8, 4) is 11.8 Å². The van der Waals surface area contributed by atoms with Crippen LogP contribution in [-0.4, -0.2) is 24.0 Å². The number of benzene rings is 3. The average molecular weight is 479 g/mol. The first-order valence-corrected chi connectivity index (χ1v) is 12.1. The Bertz CT molecular complexity index is 1490. The summed E-state index contributed by atoms with van der Waals surface area (Å²) in [6, 6.07) is 17.7. The molecular weight excluding hydrogens is 451 g/mol. The van der Waals surface area contributed by atoms with Crippen molar-refractivity contribution in [3.63, 3.8) is 0 Å². The van der Waals surface area contributed by atoms with Gasteiger partial charge in [-0.15, -0.1) is 0 Å². The molecule has 6 heteroatoms. The van der Waals surface area contributed by atoms with Gasteiger partial charge in [0.25, 0.3) is 5.91 Å². The third-order valence-electron chi connectivity index (χ3n) is 6.53. The van der Waals surface area contributed by atoms with Gasteiger partial charge in [-0.2, -0.15) is 0 Å². The van der Waals surface area contributed by atoms with Gasteiger partial charge in [0.15, 0.2) is 0 Å². The molecule has 0 aliphatic carbocycles. The Morgan fingerprint density at radius 2 is 1.78 bits per heavy atom. The van der Waals surface area contributed by atoms with Gasteiger partial charge in [0.2, 0.25) is 0 Å². The topological polar surface area (TPSA) is 71.2 Å². The molecule has 4 aromatic rings. The number of pyridine rings is 1. The Labute approximate surface area is 210 Å².